The van der Waals surface area contributed by atoms with Gasteiger partial charge in [0, 0.05) is 18.0 Å². The number of methoxy groups -OCH3 is 3. The molecule has 2 aromatic heterocycles. The first kappa shape index (κ1) is 21.8. The summed E-state index contributed by atoms with van der Waals surface area (Å²) in [7, 11) is 4.76. The number of carbonyl (C=O) groups is 1. The molecule has 0 bridgehead atoms. The van der Waals surface area contributed by atoms with Gasteiger partial charge in [0.2, 0.25) is 5.78 Å². The number of hydrogen-bond acceptors (Lipinski definition) is 8. The third kappa shape index (κ3) is 4.93. The van der Waals surface area contributed by atoms with Crippen LogP contribution >= 0.6 is 0 Å². The number of anilines is 2. The summed E-state index contributed by atoms with van der Waals surface area (Å²) in [5.74, 6) is 2.06. The van der Waals surface area contributed by atoms with E-state index in [0.29, 0.717) is 35.1 Å². The van der Waals surface area contributed by atoms with Gasteiger partial charge in [0.1, 0.15) is 11.6 Å². The van der Waals surface area contributed by atoms with Crippen molar-refractivity contribution < 1.29 is 19.0 Å². The molecule has 0 radical (unpaired) electrons. The summed E-state index contributed by atoms with van der Waals surface area (Å²) < 4.78 is 17.4. The lowest BCUT2D eigenvalue weighted by Gasteiger charge is -2.12. The van der Waals surface area contributed by atoms with Gasteiger partial charge in [-0.2, -0.15) is 0 Å². The molecule has 2 aromatic carbocycles. The van der Waals surface area contributed by atoms with Crippen LogP contribution < -0.4 is 19.5 Å². The van der Waals surface area contributed by atoms with E-state index in [4.69, 9.17) is 14.2 Å². The molecule has 0 unspecified atom stereocenters. The second-order valence-corrected chi connectivity index (χ2v) is 7.07. The number of ketones is 1. The summed E-state index contributed by atoms with van der Waals surface area (Å²) in [6.45, 7) is 0.480. The van der Waals surface area contributed by atoms with Crippen LogP contribution in [0, 0.1) is 0 Å². The molecule has 0 amide bonds. The van der Waals surface area contributed by atoms with Crippen molar-refractivity contribution in [2.24, 2.45) is 0 Å². The molecule has 4 rings (SSSR count). The Hall–Kier alpha value is -4.40. The maximum absolute atomic E-state index is 13.2. The van der Waals surface area contributed by atoms with Crippen LogP contribution in [0.4, 0.5) is 11.5 Å². The van der Waals surface area contributed by atoms with Crippen molar-refractivity contribution in [1.29, 1.82) is 0 Å². The van der Waals surface area contributed by atoms with Crippen molar-refractivity contribution in [3.63, 3.8) is 0 Å². The zero-order valence-corrected chi connectivity index (χ0v) is 18.5. The fraction of sp³-hybridized carbons (Fsp3) is 0.167. The fourth-order valence-corrected chi connectivity index (χ4v) is 3.27. The SMILES string of the molecule is COc1ccc(Cn2cc(C(=O)c3cccnc3Nc3ccc(OC)c(OC)c3)nn2)cc1. The van der Waals surface area contributed by atoms with Crippen LogP contribution in [0.2, 0.25) is 0 Å². The van der Waals surface area contributed by atoms with Crippen molar-refractivity contribution in [2.75, 3.05) is 26.6 Å². The van der Waals surface area contributed by atoms with Crippen LogP contribution in [-0.2, 0) is 6.54 Å². The minimum Gasteiger partial charge on any atom is -0.497 e. The molecule has 0 aliphatic rings. The Morgan fingerprint density at radius 1 is 0.970 bits per heavy atom. The number of aromatic nitrogens is 4. The molecule has 33 heavy (non-hydrogen) atoms. The summed E-state index contributed by atoms with van der Waals surface area (Å²) in [4.78, 5) is 17.5. The molecule has 0 fully saturated rings. The molecule has 1 N–H and O–H groups in total. The molecule has 9 nitrogen and oxygen atoms in total. The van der Waals surface area contributed by atoms with Gasteiger partial charge in [0.25, 0.3) is 0 Å². The number of hydrogen-bond donors (Lipinski definition) is 1. The van der Waals surface area contributed by atoms with Crippen molar-refractivity contribution in [3.05, 3.63) is 83.8 Å². The van der Waals surface area contributed by atoms with Crippen LogP contribution in [0.1, 0.15) is 21.6 Å². The lowest BCUT2D eigenvalue weighted by atomic mass is 10.1. The average Bonchev–Trinajstić information content (AvgIpc) is 3.32. The molecule has 0 spiro atoms. The van der Waals surface area contributed by atoms with E-state index >= 15 is 0 Å². The first-order chi connectivity index (χ1) is 16.1. The van der Waals surface area contributed by atoms with Gasteiger partial charge in [-0.15, -0.1) is 5.10 Å². The molecule has 0 saturated heterocycles. The van der Waals surface area contributed by atoms with E-state index in [1.165, 1.54) is 0 Å². The van der Waals surface area contributed by atoms with Crippen molar-refractivity contribution >= 4 is 17.3 Å². The van der Waals surface area contributed by atoms with Crippen molar-refractivity contribution in [1.82, 2.24) is 20.0 Å². The predicted octanol–water partition coefficient (Wildman–Crippen LogP) is 3.72. The molecule has 9 heteroatoms. The zero-order valence-electron chi connectivity index (χ0n) is 18.5. The average molecular weight is 445 g/mol. The molecule has 4 aromatic rings. The van der Waals surface area contributed by atoms with Gasteiger partial charge in [-0.05, 0) is 42.0 Å². The van der Waals surface area contributed by atoms with Gasteiger partial charge in [-0.25, -0.2) is 9.67 Å². The maximum atomic E-state index is 13.2. The predicted molar refractivity (Wildman–Crippen MR) is 123 cm³/mol. The summed E-state index contributed by atoms with van der Waals surface area (Å²) in [5.41, 5.74) is 2.32. The Balaban J connectivity index is 1.54. The molecule has 168 valence electrons. The Labute approximate surface area is 190 Å². The summed E-state index contributed by atoms with van der Waals surface area (Å²) in [5, 5.41) is 11.3. The summed E-state index contributed by atoms with van der Waals surface area (Å²) in [6, 6.07) is 16.4. The molecular weight excluding hydrogens is 422 g/mol. The normalized spacial score (nSPS) is 10.5. The van der Waals surface area contributed by atoms with Gasteiger partial charge in [-0.3, -0.25) is 4.79 Å². The zero-order chi connectivity index (χ0) is 23.2. The van der Waals surface area contributed by atoms with E-state index in [9.17, 15) is 4.79 Å². The number of ether oxygens (including phenoxy) is 3. The third-order valence-electron chi connectivity index (χ3n) is 4.97. The van der Waals surface area contributed by atoms with E-state index in [0.717, 1.165) is 11.3 Å². The molecule has 0 saturated carbocycles. The minimum absolute atomic E-state index is 0.229. The second kappa shape index (κ2) is 9.82. The first-order valence-corrected chi connectivity index (χ1v) is 10.1. The van der Waals surface area contributed by atoms with Gasteiger partial charge < -0.3 is 19.5 Å². The van der Waals surface area contributed by atoms with Gasteiger partial charge >= 0.3 is 0 Å². The highest BCUT2D eigenvalue weighted by Crippen LogP contribution is 2.31. The van der Waals surface area contributed by atoms with E-state index in [-0.39, 0.29) is 11.5 Å². The molecule has 0 atom stereocenters. The van der Waals surface area contributed by atoms with Crippen LogP contribution in [0.3, 0.4) is 0 Å². The molecule has 0 aliphatic heterocycles. The first-order valence-electron chi connectivity index (χ1n) is 10.1. The van der Waals surface area contributed by atoms with Gasteiger partial charge in [-0.1, -0.05) is 17.3 Å². The fourth-order valence-electron chi connectivity index (χ4n) is 3.27. The second-order valence-electron chi connectivity index (χ2n) is 7.07. The highest BCUT2D eigenvalue weighted by molar-refractivity contribution is 6.10. The quantitative estimate of drug-likeness (QED) is 0.389. The van der Waals surface area contributed by atoms with Crippen LogP contribution in [0.15, 0.2) is 67.0 Å². The molecular formula is C24H23N5O4. The smallest absolute Gasteiger partial charge is 0.218 e. The maximum Gasteiger partial charge on any atom is 0.218 e. The van der Waals surface area contributed by atoms with Crippen LogP contribution in [0.5, 0.6) is 17.2 Å². The Kier molecular flexibility index (Phi) is 6.49. The monoisotopic (exact) mass is 445 g/mol. The van der Waals surface area contributed by atoms with Crippen LogP contribution in [0.25, 0.3) is 0 Å². The lowest BCUT2D eigenvalue weighted by Crippen LogP contribution is -2.07. The van der Waals surface area contributed by atoms with E-state index in [1.807, 2.05) is 30.3 Å². The Morgan fingerprint density at radius 2 is 1.76 bits per heavy atom. The number of nitrogens with one attached hydrogen (secondary N) is 1. The minimum atomic E-state index is -0.285. The highest BCUT2D eigenvalue weighted by atomic mass is 16.5. The Morgan fingerprint density at radius 3 is 2.48 bits per heavy atom. The van der Waals surface area contributed by atoms with E-state index < -0.39 is 0 Å². The highest BCUT2D eigenvalue weighted by Gasteiger charge is 2.18. The third-order valence-corrected chi connectivity index (χ3v) is 4.97. The largest absolute Gasteiger partial charge is 0.497 e. The molecule has 2 heterocycles. The summed E-state index contributed by atoms with van der Waals surface area (Å²) >= 11 is 0. The number of carbonyl (C=O) groups excluding carboxylic acids is 1. The van der Waals surface area contributed by atoms with Gasteiger partial charge in [0.15, 0.2) is 17.2 Å². The number of pyridine rings is 1. The van der Waals surface area contributed by atoms with Gasteiger partial charge in [0.05, 0.1) is 39.6 Å². The van der Waals surface area contributed by atoms with E-state index in [1.54, 1.807) is 62.7 Å². The Bertz CT molecular complexity index is 1250. The number of nitrogens with zero attached hydrogens (tertiary/aromatic N) is 4. The standard InChI is InChI=1S/C24H23N5O4/c1-31-18-9-6-16(7-10-18)14-29-15-20(27-28-29)23(30)19-5-4-12-25-24(19)26-17-8-11-21(32-2)22(13-17)33-3/h4-13,15H,14H2,1-3H3,(H,25,26). The topological polar surface area (TPSA) is 100 Å². The molecule has 0 aliphatic carbocycles. The summed E-state index contributed by atoms with van der Waals surface area (Å²) in [6.07, 6.45) is 3.24. The number of benzene rings is 2. The van der Waals surface area contributed by atoms with Crippen LogP contribution in [-0.4, -0.2) is 47.1 Å². The van der Waals surface area contributed by atoms with Crippen molar-refractivity contribution in [2.45, 2.75) is 6.54 Å². The van der Waals surface area contributed by atoms with Crippen molar-refractivity contribution in [3.8, 4) is 17.2 Å². The lowest BCUT2D eigenvalue weighted by molar-refractivity contribution is 0.103. The van der Waals surface area contributed by atoms with E-state index in [2.05, 4.69) is 20.6 Å². The number of rotatable bonds is 9.